The molecule has 2 aromatic carbocycles. The third-order valence-electron chi connectivity index (χ3n) is 5.87. The highest BCUT2D eigenvalue weighted by atomic mass is 16.5. The number of nitrogen functional groups attached to an aromatic ring is 1. The van der Waals surface area contributed by atoms with Gasteiger partial charge in [0, 0.05) is 6.04 Å². The van der Waals surface area contributed by atoms with Gasteiger partial charge >= 0.3 is 5.69 Å². The Balaban J connectivity index is 1.29. The number of anilines is 1. The number of rotatable bonds is 6. The topological polar surface area (TPSA) is 130 Å². The molecule has 1 amide bonds. The second-order valence-corrected chi connectivity index (χ2v) is 8.06. The molecule has 1 heterocycles. The van der Waals surface area contributed by atoms with Crippen LogP contribution in [0.25, 0.3) is 0 Å². The molecule has 3 aromatic rings. The molecule has 5 N–H and O–H groups in total. The zero-order valence-electron chi connectivity index (χ0n) is 17.6. The largest absolute Gasteiger partial charge is 0.489 e. The van der Waals surface area contributed by atoms with E-state index in [9.17, 15) is 14.4 Å². The van der Waals surface area contributed by atoms with E-state index in [-0.39, 0.29) is 17.4 Å². The van der Waals surface area contributed by atoms with Crippen molar-refractivity contribution in [3.63, 3.8) is 0 Å². The third-order valence-corrected chi connectivity index (χ3v) is 5.87. The van der Waals surface area contributed by atoms with Gasteiger partial charge < -0.3 is 20.8 Å². The summed E-state index contributed by atoms with van der Waals surface area (Å²) in [4.78, 5) is 39.8. The van der Waals surface area contributed by atoms with Crippen molar-refractivity contribution in [2.24, 2.45) is 0 Å². The molecular formula is C24H26N4O4. The Morgan fingerprint density at radius 2 is 1.66 bits per heavy atom. The normalized spacial score (nSPS) is 18.1. The van der Waals surface area contributed by atoms with Crippen molar-refractivity contribution >= 4 is 11.6 Å². The number of carbonyl (C=O) groups is 1. The monoisotopic (exact) mass is 434 g/mol. The van der Waals surface area contributed by atoms with E-state index < -0.39 is 17.2 Å². The summed E-state index contributed by atoms with van der Waals surface area (Å²) in [5.74, 6) is 0.716. The molecule has 0 bridgehead atoms. The van der Waals surface area contributed by atoms with Crippen LogP contribution in [0, 0.1) is 0 Å². The van der Waals surface area contributed by atoms with Crippen LogP contribution in [-0.2, 0) is 6.61 Å². The van der Waals surface area contributed by atoms with Gasteiger partial charge in [0.1, 0.15) is 23.7 Å². The van der Waals surface area contributed by atoms with Crippen molar-refractivity contribution in [1.29, 1.82) is 0 Å². The maximum absolute atomic E-state index is 12.5. The fourth-order valence-corrected chi connectivity index (χ4v) is 4.08. The van der Waals surface area contributed by atoms with Crippen LogP contribution in [0.15, 0.2) is 64.2 Å². The average Bonchev–Trinajstić information content (AvgIpc) is 2.81. The second-order valence-electron chi connectivity index (χ2n) is 8.06. The molecule has 1 aromatic heterocycles. The summed E-state index contributed by atoms with van der Waals surface area (Å²) in [5.41, 5.74) is 6.02. The number of H-pyrrole nitrogens is 2. The van der Waals surface area contributed by atoms with Crippen LogP contribution >= 0.6 is 0 Å². The molecule has 0 unspecified atom stereocenters. The van der Waals surface area contributed by atoms with Gasteiger partial charge in [-0.25, -0.2) is 4.79 Å². The first-order valence-corrected chi connectivity index (χ1v) is 10.7. The Kier molecular flexibility index (Phi) is 6.39. The van der Waals surface area contributed by atoms with Gasteiger partial charge in [0.05, 0.1) is 0 Å². The maximum Gasteiger partial charge on any atom is 0.326 e. The van der Waals surface area contributed by atoms with Crippen molar-refractivity contribution in [2.75, 3.05) is 5.73 Å². The van der Waals surface area contributed by atoms with E-state index in [0.29, 0.717) is 12.5 Å². The Bertz CT molecular complexity index is 1180. The molecule has 1 aliphatic rings. The number of aromatic amines is 2. The summed E-state index contributed by atoms with van der Waals surface area (Å²) < 4.78 is 5.86. The molecule has 8 nitrogen and oxygen atoms in total. The minimum absolute atomic E-state index is 0.0329. The molecule has 166 valence electrons. The highest BCUT2D eigenvalue weighted by molar-refractivity contribution is 5.96. The van der Waals surface area contributed by atoms with Crippen LogP contribution in [0.2, 0.25) is 0 Å². The van der Waals surface area contributed by atoms with Gasteiger partial charge in [0.25, 0.3) is 11.5 Å². The fourth-order valence-electron chi connectivity index (χ4n) is 4.08. The van der Waals surface area contributed by atoms with E-state index in [1.54, 1.807) is 0 Å². The van der Waals surface area contributed by atoms with Gasteiger partial charge in [0.2, 0.25) is 0 Å². The number of nitrogens with one attached hydrogen (secondary N) is 3. The Morgan fingerprint density at radius 1 is 0.969 bits per heavy atom. The second kappa shape index (κ2) is 9.55. The number of benzene rings is 2. The molecule has 4 rings (SSSR count). The molecule has 32 heavy (non-hydrogen) atoms. The first-order valence-electron chi connectivity index (χ1n) is 10.7. The third kappa shape index (κ3) is 5.08. The van der Waals surface area contributed by atoms with Crippen LogP contribution in [0.5, 0.6) is 5.75 Å². The van der Waals surface area contributed by atoms with Crippen LogP contribution in [0.4, 0.5) is 5.69 Å². The molecular weight excluding hydrogens is 408 g/mol. The lowest BCUT2D eigenvalue weighted by molar-refractivity contribution is 0.0921. The molecule has 0 saturated heterocycles. The highest BCUT2D eigenvalue weighted by Crippen LogP contribution is 2.33. The van der Waals surface area contributed by atoms with Crippen molar-refractivity contribution in [3.05, 3.63) is 92.3 Å². The summed E-state index contributed by atoms with van der Waals surface area (Å²) in [6.45, 7) is 0.536. The predicted molar refractivity (Wildman–Crippen MR) is 122 cm³/mol. The van der Waals surface area contributed by atoms with E-state index in [1.807, 2.05) is 47.4 Å². The van der Waals surface area contributed by atoms with Crippen molar-refractivity contribution in [2.45, 2.75) is 44.2 Å². The van der Waals surface area contributed by atoms with Gasteiger partial charge in [-0.05, 0) is 54.9 Å². The smallest absolute Gasteiger partial charge is 0.326 e. The van der Waals surface area contributed by atoms with Crippen LogP contribution in [-0.4, -0.2) is 21.9 Å². The van der Waals surface area contributed by atoms with Gasteiger partial charge in [-0.1, -0.05) is 42.5 Å². The first kappa shape index (κ1) is 21.4. The SMILES string of the molecule is Nc1c(C(=O)NC2CCC(c3ccc(OCc4ccccc4)cc3)CC2)[nH]c(=O)[nH]c1=O. The zero-order valence-corrected chi connectivity index (χ0v) is 17.6. The number of nitrogens with two attached hydrogens (primary N) is 1. The van der Waals surface area contributed by atoms with E-state index in [4.69, 9.17) is 10.5 Å². The van der Waals surface area contributed by atoms with E-state index in [1.165, 1.54) is 5.56 Å². The minimum Gasteiger partial charge on any atom is -0.489 e. The molecule has 1 fully saturated rings. The Hall–Kier alpha value is -3.81. The van der Waals surface area contributed by atoms with Crippen molar-refractivity contribution < 1.29 is 9.53 Å². The first-order chi connectivity index (χ1) is 15.5. The molecule has 0 atom stereocenters. The average molecular weight is 434 g/mol. The zero-order chi connectivity index (χ0) is 22.5. The summed E-state index contributed by atoms with van der Waals surface area (Å²) in [6.07, 6.45) is 3.46. The minimum atomic E-state index is -0.765. The lowest BCUT2D eigenvalue weighted by atomic mass is 9.81. The van der Waals surface area contributed by atoms with Crippen LogP contribution < -0.4 is 27.0 Å². The van der Waals surface area contributed by atoms with Crippen LogP contribution in [0.1, 0.15) is 53.2 Å². The predicted octanol–water partition coefficient (Wildman–Crippen LogP) is 2.68. The quantitative estimate of drug-likeness (QED) is 0.474. The van der Waals surface area contributed by atoms with Gasteiger partial charge in [0.15, 0.2) is 0 Å². The number of aromatic nitrogens is 2. The molecule has 8 heteroatoms. The highest BCUT2D eigenvalue weighted by Gasteiger charge is 2.25. The summed E-state index contributed by atoms with van der Waals surface area (Å²) in [6, 6.07) is 18.2. The van der Waals surface area contributed by atoms with Gasteiger partial charge in [-0.2, -0.15) is 0 Å². The number of amides is 1. The summed E-state index contributed by atoms with van der Waals surface area (Å²) in [7, 11) is 0. The standard InChI is InChI=1S/C24H26N4O4/c25-20-21(27-24(31)28-22(20)29)23(30)26-18-10-6-16(7-11-18)17-8-12-19(13-9-17)32-14-15-4-2-1-3-5-15/h1-5,8-9,12-13,16,18H,6-7,10-11,14,25H2,(H,26,30)(H2,27,28,29,31). The van der Waals surface area contributed by atoms with E-state index >= 15 is 0 Å². The lowest BCUT2D eigenvalue weighted by Crippen LogP contribution is -2.40. The summed E-state index contributed by atoms with van der Waals surface area (Å²) in [5, 5.41) is 2.88. The Morgan fingerprint density at radius 3 is 2.34 bits per heavy atom. The molecule has 0 radical (unpaired) electrons. The molecule has 0 aliphatic heterocycles. The number of hydrogen-bond acceptors (Lipinski definition) is 5. The Labute approximate surface area is 184 Å². The van der Waals surface area contributed by atoms with Crippen molar-refractivity contribution in [1.82, 2.24) is 15.3 Å². The lowest BCUT2D eigenvalue weighted by Gasteiger charge is -2.29. The van der Waals surface area contributed by atoms with E-state index in [2.05, 4.69) is 22.4 Å². The summed E-state index contributed by atoms with van der Waals surface area (Å²) >= 11 is 0. The molecule has 1 aliphatic carbocycles. The number of ether oxygens (including phenoxy) is 1. The van der Waals surface area contributed by atoms with Crippen molar-refractivity contribution in [3.8, 4) is 5.75 Å². The maximum atomic E-state index is 12.5. The fraction of sp³-hybridized carbons (Fsp3) is 0.292. The van der Waals surface area contributed by atoms with E-state index in [0.717, 1.165) is 37.0 Å². The molecule has 1 saturated carbocycles. The molecule has 0 spiro atoms. The van der Waals surface area contributed by atoms with Crippen LogP contribution in [0.3, 0.4) is 0 Å². The number of hydrogen-bond donors (Lipinski definition) is 4. The number of carbonyl (C=O) groups excluding carboxylic acids is 1. The van der Waals surface area contributed by atoms with Gasteiger partial charge in [-0.15, -0.1) is 0 Å². The van der Waals surface area contributed by atoms with Gasteiger partial charge in [-0.3, -0.25) is 14.6 Å².